The van der Waals surface area contributed by atoms with Crippen LogP contribution in [0.25, 0.3) is 0 Å². The molecule has 0 aromatic heterocycles. The van der Waals surface area contributed by atoms with E-state index >= 15 is 0 Å². The fraction of sp³-hybridized carbons (Fsp3) is 0.824. The predicted octanol–water partition coefficient (Wildman–Crippen LogP) is 2.14. The molecule has 0 heterocycles. The maximum Gasteiger partial charge on any atom is 0.219 e. The van der Waals surface area contributed by atoms with Crippen LogP contribution in [0.5, 0.6) is 0 Å². The number of rotatable bonds is 10. The highest BCUT2D eigenvalue weighted by molar-refractivity contribution is 5.73. The lowest BCUT2D eigenvalue weighted by Crippen LogP contribution is -3.05. The molecule has 0 saturated heterocycles. The van der Waals surface area contributed by atoms with E-state index in [1.807, 2.05) is 4.90 Å². The smallest absolute Gasteiger partial charge is 0.219 e. The Morgan fingerprint density at radius 3 is 2.30 bits per heavy atom. The van der Waals surface area contributed by atoms with Crippen LogP contribution >= 0.6 is 0 Å². The summed E-state index contributed by atoms with van der Waals surface area (Å²) in [6.07, 6.45) is 6.89. The third-order valence-corrected chi connectivity index (χ3v) is 3.65. The normalized spacial score (nSPS) is 12.3. The Bertz CT molecular complexity index is 293. The van der Waals surface area contributed by atoms with Gasteiger partial charge in [0.25, 0.3) is 0 Å². The lowest BCUT2D eigenvalue weighted by Gasteiger charge is -2.23. The van der Waals surface area contributed by atoms with Crippen molar-refractivity contribution in [1.29, 1.82) is 0 Å². The number of nitrogens with zero attached hydrogens (tertiary/aromatic N) is 1. The fourth-order valence-electron chi connectivity index (χ4n) is 2.23. The first-order valence-electron chi connectivity index (χ1n) is 8.00. The summed E-state index contributed by atoms with van der Waals surface area (Å²) in [5, 5.41) is 0. The van der Waals surface area contributed by atoms with Gasteiger partial charge in [-0.15, -0.1) is 0 Å². The molecule has 3 heteroatoms. The Morgan fingerprint density at radius 1 is 1.15 bits per heavy atom. The van der Waals surface area contributed by atoms with Crippen molar-refractivity contribution in [1.82, 2.24) is 4.90 Å². The topological polar surface area (TPSA) is 24.8 Å². The zero-order valence-electron chi connectivity index (χ0n) is 14.5. The first-order chi connectivity index (χ1) is 9.32. The van der Waals surface area contributed by atoms with Crippen LogP contribution in [0.4, 0.5) is 0 Å². The molecule has 0 aliphatic heterocycles. The Morgan fingerprint density at radius 2 is 1.80 bits per heavy atom. The fourth-order valence-corrected chi connectivity index (χ4v) is 2.23. The molecule has 0 spiro atoms. The van der Waals surface area contributed by atoms with Gasteiger partial charge in [-0.25, -0.2) is 0 Å². The molecular formula is C17H35N2O+. The minimum absolute atomic E-state index is 0.218. The average molecular weight is 283 g/mol. The molecule has 118 valence electrons. The van der Waals surface area contributed by atoms with Crippen LogP contribution in [0.3, 0.4) is 0 Å². The molecule has 20 heavy (non-hydrogen) atoms. The molecule has 0 aromatic rings. The van der Waals surface area contributed by atoms with E-state index in [2.05, 4.69) is 40.9 Å². The zero-order chi connectivity index (χ0) is 15.5. The van der Waals surface area contributed by atoms with Crippen molar-refractivity contribution in [2.75, 3.05) is 33.7 Å². The van der Waals surface area contributed by atoms with Gasteiger partial charge in [-0.3, -0.25) is 4.79 Å². The molecule has 3 nitrogen and oxygen atoms in total. The SMILES string of the molecule is CC(=O)N(CCC[NH+](C)C)CC[C@@H](C)CCC=C(C)C. The van der Waals surface area contributed by atoms with Crippen molar-refractivity contribution < 1.29 is 9.69 Å². The van der Waals surface area contributed by atoms with Crippen LogP contribution in [0.2, 0.25) is 0 Å². The number of hydrogen-bond donors (Lipinski definition) is 1. The summed E-state index contributed by atoms with van der Waals surface area (Å²) < 4.78 is 0. The summed E-state index contributed by atoms with van der Waals surface area (Å²) in [6.45, 7) is 11.2. The second kappa shape index (κ2) is 10.9. The number of allylic oxidation sites excluding steroid dienone is 2. The second-order valence-corrected chi connectivity index (χ2v) is 6.57. The van der Waals surface area contributed by atoms with Crippen LogP contribution in [0, 0.1) is 5.92 Å². The van der Waals surface area contributed by atoms with Crippen molar-refractivity contribution in [3.05, 3.63) is 11.6 Å². The van der Waals surface area contributed by atoms with Crippen molar-refractivity contribution in [2.45, 2.75) is 53.4 Å². The minimum Gasteiger partial charge on any atom is -0.343 e. The Kier molecular flexibility index (Phi) is 10.4. The van der Waals surface area contributed by atoms with Gasteiger partial charge in [0.15, 0.2) is 0 Å². The highest BCUT2D eigenvalue weighted by atomic mass is 16.2. The van der Waals surface area contributed by atoms with Crippen molar-refractivity contribution in [3.63, 3.8) is 0 Å². The van der Waals surface area contributed by atoms with Crippen molar-refractivity contribution in [2.24, 2.45) is 5.92 Å². The molecule has 0 aromatic carbocycles. The van der Waals surface area contributed by atoms with E-state index in [0.717, 1.165) is 38.9 Å². The quantitative estimate of drug-likeness (QED) is 0.611. The molecule has 0 aliphatic rings. The molecule has 0 aliphatic carbocycles. The first kappa shape index (κ1) is 19.2. The number of carbonyl (C=O) groups excluding carboxylic acids is 1. The summed E-state index contributed by atoms with van der Waals surface area (Å²) in [4.78, 5) is 15.1. The predicted molar refractivity (Wildman–Crippen MR) is 87.0 cm³/mol. The summed E-state index contributed by atoms with van der Waals surface area (Å²) in [5.74, 6) is 0.905. The van der Waals surface area contributed by atoms with E-state index < -0.39 is 0 Å². The van der Waals surface area contributed by atoms with E-state index in [9.17, 15) is 4.79 Å². The Hall–Kier alpha value is -0.830. The molecule has 0 bridgehead atoms. The van der Waals surface area contributed by atoms with Crippen LogP contribution in [0.1, 0.15) is 53.4 Å². The van der Waals surface area contributed by atoms with Crippen LogP contribution in [0.15, 0.2) is 11.6 Å². The molecular weight excluding hydrogens is 248 g/mol. The largest absolute Gasteiger partial charge is 0.343 e. The van der Waals surface area contributed by atoms with Gasteiger partial charge in [-0.1, -0.05) is 18.6 Å². The highest BCUT2D eigenvalue weighted by Gasteiger charge is 2.11. The van der Waals surface area contributed by atoms with Gasteiger partial charge < -0.3 is 9.80 Å². The van der Waals surface area contributed by atoms with Crippen molar-refractivity contribution in [3.8, 4) is 0 Å². The maximum atomic E-state index is 11.6. The number of hydrogen-bond acceptors (Lipinski definition) is 1. The van der Waals surface area contributed by atoms with Gasteiger partial charge in [0.05, 0.1) is 20.6 Å². The van der Waals surface area contributed by atoms with Gasteiger partial charge >= 0.3 is 0 Å². The van der Waals surface area contributed by atoms with E-state index in [1.165, 1.54) is 16.9 Å². The summed E-state index contributed by atoms with van der Waals surface area (Å²) in [5.41, 5.74) is 1.40. The number of carbonyl (C=O) groups is 1. The lowest BCUT2D eigenvalue weighted by atomic mass is 10.0. The van der Waals surface area contributed by atoms with Gasteiger partial charge in [0.1, 0.15) is 0 Å². The van der Waals surface area contributed by atoms with Gasteiger partial charge in [-0.05, 0) is 39.0 Å². The first-order valence-corrected chi connectivity index (χ1v) is 8.00. The number of amides is 1. The second-order valence-electron chi connectivity index (χ2n) is 6.57. The van der Waals surface area contributed by atoms with Gasteiger partial charge in [0.2, 0.25) is 5.91 Å². The third kappa shape index (κ3) is 11.0. The highest BCUT2D eigenvalue weighted by Crippen LogP contribution is 2.12. The molecule has 1 N–H and O–H groups in total. The van der Waals surface area contributed by atoms with Crippen LogP contribution < -0.4 is 4.90 Å². The molecule has 0 saturated carbocycles. The monoisotopic (exact) mass is 283 g/mol. The average Bonchev–Trinajstić information content (AvgIpc) is 2.32. The van der Waals surface area contributed by atoms with Crippen molar-refractivity contribution >= 4 is 5.91 Å². The van der Waals surface area contributed by atoms with E-state index in [0.29, 0.717) is 5.92 Å². The summed E-state index contributed by atoms with van der Waals surface area (Å²) >= 11 is 0. The number of quaternary nitrogens is 1. The standard InChI is InChI=1S/C17H34N2O/c1-15(2)9-7-10-16(3)11-14-19(17(4)20)13-8-12-18(5)6/h9,16H,7-8,10-14H2,1-6H3/p+1/t16-/m0/s1. The molecule has 0 unspecified atom stereocenters. The van der Waals surface area contributed by atoms with Crippen LogP contribution in [-0.4, -0.2) is 44.5 Å². The zero-order valence-corrected chi connectivity index (χ0v) is 14.5. The van der Waals surface area contributed by atoms with E-state index in [-0.39, 0.29) is 5.91 Å². The molecule has 0 rings (SSSR count). The summed E-state index contributed by atoms with van der Waals surface area (Å²) in [6, 6.07) is 0. The van der Waals surface area contributed by atoms with Gasteiger partial charge in [-0.2, -0.15) is 0 Å². The van der Waals surface area contributed by atoms with Gasteiger partial charge in [0, 0.05) is 26.4 Å². The molecule has 0 radical (unpaired) electrons. The Balaban J connectivity index is 3.95. The lowest BCUT2D eigenvalue weighted by molar-refractivity contribution is -0.858. The maximum absolute atomic E-state index is 11.6. The number of nitrogens with one attached hydrogen (secondary N) is 1. The molecule has 1 atom stereocenters. The van der Waals surface area contributed by atoms with E-state index in [1.54, 1.807) is 6.92 Å². The van der Waals surface area contributed by atoms with Crippen LogP contribution in [-0.2, 0) is 4.79 Å². The molecule has 1 amide bonds. The Labute approximate surface area is 126 Å². The molecule has 0 fully saturated rings. The third-order valence-electron chi connectivity index (χ3n) is 3.65. The van der Waals surface area contributed by atoms with E-state index in [4.69, 9.17) is 0 Å². The summed E-state index contributed by atoms with van der Waals surface area (Å²) in [7, 11) is 4.31. The minimum atomic E-state index is 0.218.